The average molecular weight is 951 g/mol. The second kappa shape index (κ2) is 24.9. The van der Waals surface area contributed by atoms with E-state index in [4.69, 9.17) is 9.47 Å². The van der Waals surface area contributed by atoms with Crippen LogP contribution in [-0.4, -0.2) is 155 Å². The molecule has 12 atom stereocenters. The predicted molar refractivity (Wildman–Crippen MR) is 255 cm³/mol. The molecule has 2 fully saturated rings. The summed E-state index contributed by atoms with van der Waals surface area (Å²) >= 11 is 0. The second-order valence-electron chi connectivity index (χ2n) is 19.9. The van der Waals surface area contributed by atoms with E-state index in [2.05, 4.69) is 17.6 Å². The number of likely N-dealkylation sites (N-methyl/N-ethyl adjacent to an activating group) is 2. The van der Waals surface area contributed by atoms with Gasteiger partial charge in [0.05, 0.1) is 36.6 Å². The molecule has 3 unspecified atom stereocenters. The van der Waals surface area contributed by atoms with E-state index in [0.717, 1.165) is 5.56 Å². The number of nitrogens with one attached hydrogen (secondary N) is 2. The highest BCUT2D eigenvalue weighted by molar-refractivity contribution is 6.12. The lowest BCUT2D eigenvalue weighted by atomic mass is 9.89. The normalized spacial score (nSPS) is 22.2. The van der Waals surface area contributed by atoms with E-state index in [1.807, 2.05) is 64.6 Å². The Kier molecular flexibility index (Phi) is 20.3. The topological polar surface area (TPSA) is 212 Å². The number of amides is 7. The first-order chi connectivity index (χ1) is 32.1. The number of carbonyl (C=O) groups excluding carboxylic acids is 7. The van der Waals surface area contributed by atoms with Gasteiger partial charge in [0, 0.05) is 65.9 Å². The number of carboxylic acid groups (broad SMARTS) is 1. The number of ether oxygens (including phenoxy) is 2. The summed E-state index contributed by atoms with van der Waals surface area (Å²) in [5.74, 6) is -4.74. The van der Waals surface area contributed by atoms with E-state index in [1.54, 1.807) is 38.1 Å². The fraction of sp³-hybridized carbons (Fsp3) is 0.686. The highest BCUT2D eigenvalue weighted by Gasteiger charge is 2.62. The molecule has 7 amide bonds. The Morgan fingerprint density at radius 3 is 2.01 bits per heavy atom. The molecule has 3 N–H and O–H groups in total. The molecular formula is C51H78N6O11. The van der Waals surface area contributed by atoms with Gasteiger partial charge in [0.1, 0.15) is 18.1 Å². The molecule has 4 rings (SSSR count). The maximum Gasteiger partial charge on any atom is 0.326 e. The molecule has 17 heteroatoms. The molecule has 0 radical (unpaired) electrons. The molecule has 378 valence electrons. The molecule has 17 nitrogen and oxygen atoms in total. The van der Waals surface area contributed by atoms with Gasteiger partial charge >= 0.3 is 5.97 Å². The first kappa shape index (κ1) is 55.4. The predicted octanol–water partition coefficient (Wildman–Crippen LogP) is 4.07. The van der Waals surface area contributed by atoms with Crippen molar-refractivity contribution in [1.29, 1.82) is 0 Å². The molecule has 1 saturated carbocycles. The van der Waals surface area contributed by atoms with Crippen molar-refractivity contribution >= 4 is 47.3 Å². The summed E-state index contributed by atoms with van der Waals surface area (Å²) in [6, 6.07) is 4.94. The van der Waals surface area contributed by atoms with Crippen LogP contribution in [0.4, 0.5) is 0 Å². The molecule has 1 aromatic rings. The maximum atomic E-state index is 14.7. The van der Waals surface area contributed by atoms with Crippen LogP contribution in [0.25, 0.3) is 0 Å². The highest BCUT2D eigenvalue weighted by atomic mass is 16.5. The Hall–Kier alpha value is -5.16. The zero-order chi connectivity index (χ0) is 50.7. The molecule has 3 aliphatic rings. The lowest BCUT2D eigenvalue weighted by Gasteiger charge is -2.41. The number of methoxy groups -OCH3 is 2. The number of imide groups is 1. The molecule has 2 aliphatic heterocycles. The molecule has 0 bridgehead atoms. The van der Waals surface area contributed by atoms with E-state index in [9.17, 15) is 43.5 Å². The van der Waals surface area contributed by atoms with E-state index in [-0.39, 0.29) is 91.0 Å². The number of piperidine rings is 1. The summed E-state index contributed by atoms with van der Waals surface area (Å²) in [5, 5.41) is 15.7. The summed E-state index contributed by atoms with van der Waals surface area (Å²) in [5.41, 5.74) is 0.766. The lowest BCUT2D eigenvalue weighted by molar-refractivity contribution is -0.150. The van der Waals surface area contributed by atoms with Crippen molar-refractivity contribution in [2.45, 2.75) is 155 Å². The van der Waals surface area contributed by atoms with Crippen LogP contribution in [-0.2, 0) is 54.3 Å². The zero-order valence-electron chi connectivity index (χ0n) is 42.3. The van der Waals surface area contributed by atoms with Crippen molar-refractivity contribution in [2.75, 3.05) is 34.9 Å². The minimum absolute atomic E-state index is 0.0694. The third-order valence-electron chi connectivity index (χ3n) is 14.6. The molecule has 0 spiro atoms. The number of carbonyl (C=O) groups is 8. The number of carboxylic acids is 1. The maximum absolute atomic E-state index is 14.7. The molecule has 1 aliphatic carbocycles. The number of rotatable bonds is 27. The molecule has 2 heterocycles. The van der Waals surface area contributed by atoms with Crippen molar-refractivity contribution in [3.8, 4) is 0 Å². The number of fused-ring (bicyclic) bond motifs is 1. The average Bonchev–Trinajstić information content (AvgIpc) is 3.55. The molecule has 0 aromatic heterocycles. The molecular weight excluding hydrogens is 873 g/mol. The van der Waals surface area contributed by atoms with Gasteiger partial charge in [-0.2, -0.15) is 0 Å². The van der Waals surface area contributed by atoms with Crippen LogP contribution < -0.4 is 10.6 Å². The minimum atomic E-state index is -1.16. The quantitative estimate of drug-likeness (QED) is 0.0845. The SMILES string of the molecule is CC[C@H](C)[C@@H]([C@@H](CC(=O)N1C2C(C)C2C[C@H]1[C@H](OC)[C@@H](C)C(=O)N[C@@H](Cc1ccccc1)C(=O)O)OC)N(C)C(=O)[C@@H](NC(=O)[C@H](C(C)C)N(C)C(=O)CCCCCN1C(=O)C=CC1=O)C(C)C. The van der Waals surface area contributed by atoms with Crippen LogP contribution in [0.5, 0.6) is 0 Å². The van der Waals surface area contributed by atoms with Gasteiger partial charge in [-0.1, -0.05) is 98.6 Å². The monoisotopic (exact) mass is 951 g/mol. The van der Waals surface area contributed by atoms with Gasteiger partial charge in [-0.25, -0.2) is 4.79 Å². The largest absolute Gasteiger partial charge is 0.480 e. The van der Waals surface area contributed by atoms with Crippen LogP contribution >= 0.6 is 0 Å². The summed E-state index contributed by atoms with van der Waals surface area (Å²) in [4.78, 5) is 113. The van der Waals surface area contributed by atoms with Crippen molar-refractivity contribution < 1.29 is 52.9 Å². The first-order valence-corrected chi connectivity index (χ1v) is 24.4. The van der Waals surface area contributed by atoms with Crippen LogP contribution in [0.2, 0.25) is 0 Å². The van der Waals surface area contributed by atoms with E-state index >= 15 is 0 Å². The number of aliphatic carboxylic acids is 1. The number of hydrogen-bond donors (Lipinski definition) is 3. The zero-order valence-corrected chi connectivity index (χ0v) is 42.3. The fourth-order valence-electron chi connectivity index (χ4n) is 10.4. The number of nitrogens with zero attached hydrogens (tertiary/aromatic N) is 4. The fourth-order valence-corrected chi connectivity index (χ4v) is 10.4. The summed E-state index contributed by atoms with van der Waals surface area (Å²) in [6.45, 7) is 15.4. The molecule has 1 aromatic carbocycles. The van der Waals surface area contributed by atoms with Gasteiger partial charge < -0.3 is 39.9 Å². The van der Waals surface area contributed by atoms with Crippen molar-refractivity contribution in [1.82, 2.24) is 30.2 Å². The Labute approximate surface area is 403 Å². The van der Waals surface area contributed by atoms with E-state index < -0.39 is 66.1 Å². The Morgan fingerprint density at radius 1 is 0.838 bits per heavy atom. The van der Waals surface area contributed by atoms with Crippen LogP contribution in [0.3, 0.4) is 0 Å². The third-order valence-corrected chi connectivity index (χ3v) is 14.6. The second-order valence-corrected chi connectivity index (χ2v) is 19.9. The number of unbranched alkanes of at least 4 members (excludes halogenated alkanes) is 2. The number of benzene rings is 1. The lowest BCUT2D eigenvalue weighted by Crippen LogP contribution is -2.60. The summed E-state index contributed by atoms with van der Waals surface area (Å²) in [7, 11) is 6.26. The first-order valence-electron chi connectivity index (χ1n) is 24.4. The van der Waals surface area contributed by atoms with E-state index in [0.29, 0.717) is 32.1 Å². The Balaban J connectivity index is 1.45. The van der Waals surface area contributed by atoms with Gasteiger partial charge in [0.2, 0.25) is 29.5 Å². The molecule has 68 heavy (non-hydrogen) atoms. The third kappa shape index (κ3) is 13.3. The number of hydrogen-bond acceptors (Lipinski definition) is 10. The summed E-state index contributed by atoms with van der Waals surface area (Å²) in [6.07, 6.45) is 4.12. The van der Waals surface area contributed by atoms with Gasteiger partial charge in [0.15, 0.2) is 0 Å². The smallest absolute Gasteiger partial charge is 0.326 e. The van der Waals surface area contributed by atoms with Gasteiger partial charge in [-0.15, -0.1) is 0 Å². The highest BCUT2D eigenvalue weighted by Crippen LogP contribution is 2.54. The van der Waals surface area contributed by atoms with Crippen LogP contribution in [0.15, 0.2) is 42.5 Å². The van der Waals surface area contributed by atoms with Crippen molar-refractivity contribution in [2.24, 2.45) is 35.5 Å². The van der Waals surface area contributed by atoms with Crippen molar-refractivity contribution in [3.05, 3.63) is 48.0 Å². The Bertz CT molecular complexity index is 1960. The Morgan fingerprint density at radius 2 is 1.47 bits per heavy atom. The van der Waals surface area contributed by atoms with Gasteiger partial charge in [-0.3, -0.25) is 38.5 Å². The van der Waals surface area contributed by atoms with Crippen molar-refractivity contribution in [3.63, 3.8) is 0 Å². The standard InChI is InChI=1S/C51H78N6O11/c1-13-31(6)45(55(10)50(64)43(29(2)3)53-49(63)44(30(4)5)54(9)39(58)22-18-15-19-25-56-40(59)23-24-41(56)60)38(67-11)28-42(61)57-37(27-35-32(7)46(35)57)47(68-12)33(8)48(62)52-36(51(65)66)26-34-20-16-14-17-21-34/h14,16-17,20-21,23-24,29-33,35-38,43-47H,13,15,18-19,22,25-28H2,1-12H3,(H,52,62)(H,53,63)(H,65,66)/t31-,32?,33+,35?,36-,37-,38+,43-,44-,45-,46?,47+/m0/s1. The van der Waals surface area contributed by atoms with Gasteiger partial charge in [-0.05, 0) is 54.4 Å². The molecule has 1 saturated heterocycles. The summed E-state index contributed by atoms with van der Waals surface area (Å²) < 4.78 is 12.1. The van der Waals surface area contributed by atoms with Gasteiger partial charge in [0.25, 0.3) is 11.8 Å². The van der Waals surface area contributed by atoms with E-state index in [1.165, 1.54) is 36.2 Å². The minimum Gasteiger partial charge on any atom is -0.480 e. The van der Waals surface area contributed by atoms with Crippen LogP contribution in [0.1, 0.15) is 106 Å². The number of likely N-dealkylation sites (tertiary alicyclic amines) is 1. The van der Waals surface area contributed by atoms with Crippen LogP contribution in [0, 0.1) is 35.5 Å².